The fourth-order valence-electron chi connectivity index (χ4n) is 2.26. The van der Waals surface area contributed by atoms with E-state index in [1.54, 1.807) is 6.20 Å². The van der Waals surface area contributed by atoms with Gasteiger partial charge in [0.1, 0.15) is 0 Å². The number of nitrogens with zero attached hydrogens (tertiary/aromatic N) is 1. The van der Waals surface area contributed by atoms with Crippen LogP contribution in [0.15, 0.2) is 12.4 Å². The molecule has 2 rings (SSSR count). The molecule has 0 unspecified atom stereocenters. The van der Waals surface area contributed by atoms with Crippen LogP contribution in [-0.2, 0) is 0 Å². The molecule has 1 saturated carbocycles. The van der Waals surface area contributed by atoms with Gasteiger partial charge in [0.25, 0.3) is 5.91 Å². The van der Waals surface area contributed by atoms with E-state index in [1.165, 1.54) is 19.0 Å². The molecule has 0 radical (unpaired) electrons. The zero-order chi connectivity index (χ0) is 12.1. The van der Waals surface area contributed by atoms with E-state index in [2.05, 4.69) is 15.5 Å². The summed E-state index contributed by atoms with van der Waals surface area (Å²) < 4.78 is 0. The number of carbonyl (C=O) groups is 1. The second kappa shape index (κ2) is 5.82. The number of aliphatic hydroxyl groups excluding tert-OH is 1. The first-order chi connectivity index (χ1) is 8.27. The minimum atomic E-state index is -0.425. The molecule has 3 N–H and O–H groups in total. The molecule has 1 amide bonds. The van der Waals surface area contributed by atoms with Gasteiger partial charge in [0.05, 0.1) is 23.9 Å². The van der Waals surface area contributed by atoms with Gasteiger partial charge in [-0.2, -0.15) is 5.10 Å². The molecule has 0 saturated heterocycles. The summed E-state index contributed by atoms with van der Waals surface area (Å²) in [6.45, 7) is 0. The van der Waals surface area contributed by atoms with Gasteiger partial charge in [-0.15, -0.1) is 0 Å². The Morgan fingerprint density at radius 1 is 1.35 bits per heavy atom. The standard InChI is InChI=1S/C12H19N3O2/c16-11-6-4-2-1-3-5-10(11)15-12(17)9-7-13-14-8-9/h7-8,10-11,16H,1-6H2,(H,13,14)(H,15,17)/t10-,11-/m0/s1. The number of hydrogen-bond acceptors (Lipinski definition) is 3. The average molecular weight is 237 g/mol. The molecular formula is C12H19N3O2. The number of aliphatic hydroxyl groups is 1. The molecule has 0 bridgehead atoms. The van der Waals surface area contributed by atoms with Crippen LogP contribution in [-0.4, -0.2) is 33.4 Å². The Bertz CT molecular complexity index is 351. The van der Waals surface area contributed by atoms with Gasteiger partial charge in [-0.25, -0.2) is 0 Å². The van der Waals surface area contributed by atoms with Gasteiger partial charge in [-0.05, 0) is 12.8 Å². The van der Waals surface area contributed by atoms with E-state index in [0.29, 0.717) is 5.56 Å². The smallest absolute Gasteiger partial charge is 0.254 e. The zero-order valence-corrected chi connectivity index (χ0v) is 9.85. The third-order valence-electron chi connectivity index (χ3n) is 3.31. The van der Waals surface area contributed by atoms with Crippen LogP contribution >= 0.6 is 0 Å². The number of aromatic amines is 1. The zero-order valence-electron chi connectivity index (χ0n) is 9.85. The fraction of sp³-hybridized carbons (Fsp3) is 0.667. The van der Waals surface area contributed by atoms with Crippen molar-refractivity contribution in [2.75, 3.05) is 0 Å². The summed E-state index contributed by atoms with van der Waals surface area (Å²) in [5, 5.41) is 19.2. The Labute approximate surface area is 101 Å². The van der Waals surface area contributed by atoms with Gasteiger partial charge in [0, 0.05) is 6.20 Å². The van der Waals surface area contributed by atoms with Gasteiger partial charge >= 0.3 is 0 Å². The lowest BCUT2D eigenvalue weighted by molar-refractivity contribution is 0.0771. The minimum Gasteiger partial charge on any atom is -0.391 e. The Hall–Kier alpha value is -1.36. The second-order valence-electron chi connectivity index (χ2n) is 4.63. The quantitative estimate of drug-likeness (QED) is 0.723. The van der Waals surface area contributed by atoms with Crippen molar-refractivity contribution in [3.63, 3.8) is 0 Å². The van der Waals surface area contributed by atoms with E-state index < -0.39 is 6.10 Å². The van der Waals surface area contributed by atoms with Crippen molar-refractivity contribution in [2.45, 2.75) is 50.7 Å². The van der Waals surface area contributed by atoms with Crippen molar-refractivity contribution in [1.29, 1.82) is 0 Å². The third-order valence-corrected chi connectivity index (χ3v) is 3.31. The summed E-state index contributed by atoms with van der Waals surface area (Å²) in [4.78, 5) is 11.8. The summed E-state index contributed by atoms with van der Waals surface area (Å²) in [6.07, 6.45) is 8.72. The molecule has 0 spiro atoms. The molecule has 1 aliphatic rings. The van der Waals surface area contributed by atoms with Crippen LogP contribution in [0.1, 0.15) is 48.9 Å². The molecule has 0 aliphatic heterocycles. The molecule has 1 aliphatic carbocycles. The Kier molecular flexibility index (Phi) is 4.14. The fourth-order valence-corrected chi connectivity index (χ4v) is 2.26. The lowest BCUT2D eigenvalue weighted by atomic mass is 9.94. The maximum absolute atomic E-state index is 11.8. The molecule has 2 atom stereocenters. The van der Waals surface area contributed by atoms with E-state index in [1.807, 2.05) is 0 Å². The number of amides is 1. The molecular weight excluding hydrogens is 218 g/mol. The van der Waals surface area contributed by atoms with Crippen molar-refractivity contribution in [3.05, 3.63) is 18.0 Å². The normalized spacial score (nSPS) is 25.9. The first-order valence-corrected chi connectivity index (χ1v) is 6.25. The van der Waals surface area contributed by atoms with Crippen LogP contribution in [0.25, 0.3) is 0 Å². The average Bonchev–Trinajstić information content (AvgIpc) is 2.82. The van der Waals surface area contributed by atoms with Gasteiger partial charge in [-0.1, -0.05) is 25.7 Å². The van der Waals surface area contributed by atoms with Crippen molar-refractivity contribution in [1.82, 2.24) is 15.5 Å². The summed E-state index contributed by atoms with van der Waals surface area (Å²) in [6, 6.07) is -0.127. The van der Waals surface area contributed by atoms with Gasteiger partial charge < -0.3 is 10.4 Å². The summed E-state index contributed by atoms with van der Waals surface area (Å²) >= 11 is 0. The number of rotatable bonds is 2. The highest BCUT2D eigenvalue weighted by molar-refractivity contribution is 5.93. The number of H-pyrrole nitrogens is 1. The first kappa shape index (κ1) is 12.1. The van der Waals surface area contributed by atoms with E-state index in [-0.39, 0.29) is 11.9 Å². The summed E-state index contributed by atoms with van der Waals surface area (Å²) in [5.74, 6) is -0.164. The molecule has 0 aromatic carbocycles. The van der Waals surface area contributed by atoms with E-state index >= 15 is 0 Å². The molecule has 94 valence electrons. The first-order valence-electron chi connectivity index (χ1n) is 6.25. The highest BCUT2D eigenvalue weighted by Gasteiger charge is 2.22. The largest absolute Gasteiger partial charge is 0.391 e. The Morgan fingerprint density at radius 3 is 2.82 bits per heavy atom. The molecule has 1 fully saturated rings. The number of carbonyl (C=O) groups excluding carboxylic acids is 1. The lowest BCUT2D eigenvalue weighted by Gasteiger charge is -2.26. The maximum atomic E-state index is 11.8. The molecule has 5 heteroatoms. The highest BCUT2D eigenvalue weighted by atomic mass is 16.3. The van der Waals surface area contributed by atoms with Gasteiger partial charge in [0.15, 0.2) is 0 Å². The van der Waals surface area contributed by atoms with Gasteiger partial charge in [0.2, 0.25) is 0 Å². The van der Waals surface area contributed by atoms with Gasteiger partial charge in [-0.3, -0.25) is 9.89 Å². The maximum Gasteiger partial charge on any atom is 0.254 e. The molecule has 1 aromatic rings. The number of nitrogens with one attached hydrogen (secondary N) is 2. The van der Waals surface area contributed by atoms with Crippen LogP contribution in [0.2, 0.25) is 0 Å². The molecule has 5 nitrogen and oxygen atoms in total. The Morgan fingerprint density at radius 2 is 2.12 bits per heavy atom. The monoisotopic (exact) mass is 237 g/mol. The van der Waals surface area contributed by atoms with Crippen LogP contribution < -0.4 is 5.32 Å². The summed E-state index contributed by atoms with van der Waals surface area (Å²) in [7, 11) is 0. The topological polar surface area (TPSA) is 78.0 Å². The second-order valence-corrected chi connectivity index (χ2v) is 4.63. The van der Waals surface area contributed by atoms with Crippen molar-refractivity contribution in [2.24, 2.45) is 0 Å². The number of aromatic nitrogens is 2. The van der Waals surface area contributed by atoms with Crippen molar-refractivity contribution >= 4 is 5.91 Å². The molecule has 1 heterocycles. The predicted molar refractivity (Wildman–Crippen MR) is 63.6 cm³/mol. The molecule has 1 aromatic heterocycles. The van der Waals surface area contributed by atoms with E-state index in [9.17, 15) is 9.90 Å². The van der Waals surface area contributed by atoms with Crippen LogP contribution in [0, 0.1) is 0 Å². The van der Waals surface area contributed by atoms with Crippen molar-refractivity contribution in [3.8, 4) is 0 Å². The minimum absolute atomic E-state index is 0.127. The number of hydrogen-bond donors (Lipinski definition) is 3. The lowest BCUT2D eigenvalue weighted by Crippen LogP contribution is -2.43. The van der Waals surface area contributed by atoms with Crippen LogP contribution in [0.5, 0.6) is 0 Å². The van der Waals surface area contributed by atoms with Crippen LogP contribution in [0.4, 0.5) is 0 Å². The SMILES string of the molecule is O=C(N[C@H]1CCCCCC[C@@H]1O)c1cn[nH]c1. The third kappa shape index (κ3) is 3.30. The predicted octanol–water partition coefficient (Wildman–Crippen LogP) is 1.22. The highest BCUT2D eigenvalue weighted by Crippen LogP contribution is 2.18. The van der Waals surface area contributed by atoms with Crippen LogP contribution in [0.3, 0.4) is 0 Å². The van der Waals surface area contributed by atoms with E-state index in [4.69, 9.17) is 0 Å². The summed E-state index contributed by atoms with van der Waals surface area (Å²) in [5.41, 5.74) is 0.513. The van der Waals surface area contributed by atoms with E-state index in [0.717, 1.165) is 25.7 Å². The Balaban J connectivity index is 1.93. The molecule has 17 heavy (non-hydrogen) atoms. The van der Waals surface area contributed by atoms with Crippen molar-refractivity contribution < 1.29 is 9.90 Å².